The molecule has 0 saturated carbocycles. The molecule has 1 aromatic heterocycles. The highest BCUT2D eigenvalue weighted by Crippen LogP contribution is 2.24. The molecule has 0 amide bonds. The largest absolute Gasteiger partial charge is 0.256 e. The van der Waals surface area contributed by atoms with Crippen molar-refractivity contribution in [1.82, 2.24) is 4.98 Å². The molecule has 0 bridgehead atoms. The molecule has 0 fully saturated rings. The van der Waals surface area contributed by atoms with E-state index in [0.717, 1.165) is 10.7 Å². The minimum atomic E-state index is 1.05. The Balaban J connectivity index is 2.79. The summed E-state index contributed by atoms with van der Waals surface area (Å²) in [6.07, 6.45) is 1.92. The molecule has 72 valence electrons. The van der Waals surface area contributed by atoms with Crippen LogP contribution in [0.5, 0.6) is 0 Å². The van der Waals surface area contributed by atoms with Gasteiger partial charge in [0.1, 0.15) is 0 Å². The van der Waals surface area contributed by atoms with E-state index in [1.54, 1.807) is 0 Å². The van der Waals surface area contributed by atoms with Gasteiger partial charge >= 0.3 is 0 Å². The zero-order chi connectivity index (χ0) is 10.4. The van der Waals surface area contributed by atoms with Gasteiger partial charge in [0.25, 0.3) is 0 Å². The molecule has 1 heterocycles. The summed E-state index contributed by atoms with van der Waals surface area (Å²) < 4.78 is 0. The minimum absolute atomic E-state index is 1.05. The van der Waals surface area contributed by atoms with Crippen molar-refractivity contribution in [2.75, 3.05) is 0 Å². The Kier molecular flexibility index (Phi) is 1.57. The molecule has 0 saturated heterocycles. The third-order valence-electron chi connectivity index (χ3n) is 2.90. The highest BCUT2D eigenvalue weighted by molar-refractivity contribution is 6.09. The first-order valence-corrected chi connectivity index (χ1v) is 5.03. The highest BCUT2D eigenvalue weighted by Gasteiger charge is 2.04. The quantitative estimate of drug-likeness (QED) is 0.535. The van der Waals surface area contributed by atoms with Gasteiger partial charge in [-0.1, -0.05) is 30.8 Å². The molecule has 0 spiro atoms. The summed E-state index contributed by atoms with van der Waals surface area (Å²) in [7, 11) is 0. The second-order valence-electron chi connectivity index (χ2n) is 3.92. The van der Waals surface area contributed by atoms with Crippen LogP contribution in [0.25, 0.3) is 28.3 Å². The van der Waals surface area contributed by atoms with E-state index in [-0.39, 0.29) is 0 Å². The zero-order valence-electron chi connectivity index (χ0n) is 8.62. The number of aromatic nitrogens is 1. The van der Waals surface area contributed by atoms with Crippen LogP contribution in [0, 0.1) is 6.92 Å². The van der Waals surface area contributed by atoms with Crippen molar-refractivity contribution in [3.63, 3.8) is 0 Å². The van der Waals surface area contributed by atoms with E-state index in [0.29, 0.717) is 0 Å². The highest BCUT2D eigenvalue weighted by atomic mass is 14.6. The van der Waals surface area contributed by atoms with Crippen molar-refractivity contribution in [1.29, 1.82) is 0 Å². The van der Waals surface area contributed by atoms with Gasteiger partial charge in [0, 0.05) is 11.6 Å². The standard InChI is InChI=1S/C14H11N/c1-9-6-7-11-4-3-5-12-14(11)13(9)10(2)8-15-12/h3-8H,1H2,2H3. The fraction of sp³-hybridized carbons (Fsp3) is 0.0714. The summed E-state index contributed by atoms with van der Waals surface area (Å²) in [6, 6.07) is 10.4. The molecule has 3 rings (SSSR count). The molecule has 0 N–H and O–H groups in total. The number of benzene rings is 2. The van der Waals surface area contributed by atoms with E-state index in [4.69, 9.17) is 0 Å². The number of aryl methyl sites for hydroxylation is 1. The molecule has 3 aromatic rings. The second-order valence-corrected chi connectivity index (χ2v) is 3.92. The molecular formula is C14H11N. The second kappa shape index (κ2) is 2.80. The monoisotopic (exact) mass is 193 g/mol. The zero-order valence-corrected chi connectivity index (χ0v) is 8.62. The van der Waals surface area contributed by atoms with Gasteiger partial charge < -0.3 is 0 Å². The Labute approximate surface area is 88.0 Å². The van der Waals surface area contributed by atoms with Crippen molar-refractivity contribution >= 4 is 28.3 Å². The smallest absolute Gasteiger partial charge is 0.0714 e. The molecule has 1 nitrogen and oxygen atoms in total. The number of pyridine rings is 1. The molecule has 1 heteroatoms. The summed E-state index contributed by atoms with van der Waals surface area (Å²) in [5.41, 5.74) is 2.25. The summed E-state index contributed by atoms with van der Waals surface area (Å²) >= 11 is 0. The molecule has 0 aliphatic heterocycles. The SMILES string of the molecule is C=c1ccc2cccc3ncc(C)c1c23. The van der Waals surface area contributed by atoms with Crippen molar-refractivity contribution in [2.24, 2.45) is 0 Å². The Morgan fingerprint density at radius 1 is 1.07 bits per heavy atom. The first-order chi connectivity index (χ1) is 7.27. The summed E-state index contributed by atoms with van der Waals surface area (Å²) in [6.45, 7) is 6.17. The van der Waals surface area contributed by atoms with Gasteiger partial charge in [0.05, 0.1) is 5.52 Å². The van der Waals surface area contributed by atoms with E-state index in [9.17, 15) is 0 Å². The average Bonchev–Trinajstić information content (AvgIpc) is 2.25. The summed E-state index contributed by atoms with van der Waals surface area (Å²) in [5, 5.41) is 4.81. The van der Waals surface area contributed by atoms with Crippen LogP contribution in [0.2, 0.25) is 0 Å². The van der Waals surface area contributed by atoms with Gasteiger partial charge in [-0.2, -0.15) is 0 Å². The first-order valence-electron chi connectivity index (χ1n) is 5.03. The van der Waals surface area contributed by atoms with Crippen molar-refractivity contribution in [3.8, 4) is 0 Å². The number of hydrogen-bond acceptors (Lipinski definition) is 1. The average molecular weight is 193 g/mol. The van der Waals surface area contributed by atoms with E-state index in [1.807, 2.05) is 18.3 Å². The van der Waals surface area contributed by atoms with Crippen LogP contribution < -0.4 is 5.22 Å². The van der Waals surface area contributed by atoms with Crippen LogP contribution in [0.4, 0.5) is 0 Å². The lowest BCUT2D eigenvalue weighted by Gasteiger charge is -2.07. The summed E-state index contributed by atoms with van der Waals surface area (Å²) in [4.78, 5) is 4.44. The Hall–Kier alpha value is -1.89. The van der Waals surface area contributed by atoms with Crippen molar-refractivity contribution in [2.45, 2.75) is 6.92 Å². The fourth-order valence-electron chi connectivity index (χ4n) is 2.19. The van der Waals surface area contributed by atoms with Crippen LogP contribution in [0.3, 0.4) is 0 Å². The van der Waals surface area contributed by atoms with Crippen molar-refractivity contribution in [3.05, 3.63) is 47.3 Å². The topological polar surface area (TPSA) is 12.9 Å². The molecular weight excluding hydrogens is 182 g/mol. The third-order valence-corrected chi connectivity index (χ3v) is 2.90. The van der Waals surface area contributed by atoms with E-state index in [2.05, 4.69) is 36.7 Å². The summed E-state index contributed by atoms with van der Waals surface area (Å²) in [5.74, 6) is 0. The number of hydrogen-bond donors (Lipinski definition) is 0. The van der Waals surface area contributed by atoms with E-state index in [1.165, 1.54) is 21.7 Å². The Bertz CT molecular complexity index is 682. The van der Waals surface area contributed by atoms with Crippen LogP contribution in [0.1, 0.15) is 5.56 Å². The predicted octanol–water partition coefficient (Wildman–Crippen LogP) is 2.83. The predicted molar refractivity (Wildman–Crippen MR) is 64.7 cm³/mol. The molecule has 0 aliphatic carbocycles. The number of rotatable bonds is 0. The Morgan fingerprint density at radius 3 is 2.80 bits per heavy atom. The molecule has 2 aromatic carbocycles. The first kappa shape index (κ1) is 8.42. The molecule has 0 aliphatic rings. The van der Waals surface area contributed by atoms with Gasteiger partial charge in [0.2, 0.25) is 0 Å². The third kappa shape index (κ3) is 1.06. The maximum atomic E-state index is 4.44. The minimum Gasteiger partial charge on any atom is -0.256 e. The normalized spacial score (nSPS) is 11.3. The van der Waals surface area contributed by atoms with E-state index >= 15 is 0 Å². The van der Waals surface area contributed by atoms with Gasteiger partial charge in [-0.05, 0) is 34.5 Å². The van der Waals surface area contributed by atoms with Crippen LogP contribution in [0.15, 0.2) is 36.5 Å². The van der Waals surface area contributed by atoms with E-state index < -0.39 is 0 Å². The van der Waals surface area contributed by atoms with Crippen LogP contribution in [-0.2, 0) is 0 Å². The van der Waals surface area contributed by atoms with Gasteiger partial charge in [0.15, 0.2) is 0 Å². The van der Waals surface area contributed by atoms with Gasteiger partial charge in [-0.3, -0.25) is 4.98 Å². The Morgan fingerprint density at radius 2 is 1.93 bits per heavy atom. The van der Waals surface area contributed by atoms with Crippen molar-refractivity contribution < 1.29 is 0 Å². The molecule has 15 heavy (non-hydrogen) atoms. The molecule has 0 radical (unpaired) electrons. The molecule has 0 atom stereocenters. The lowest BCUT2D eigenvalue weighted by atomic mass is 10.0. The number of nitrogens with zero attached hydrogens (tertiary/aromatic N) is 1. The van der Waals surface area contributed by atoms with Crippen LogP contribution in [-0.4, -0.2) is 4.98 Å². The molecule has 0 unspecified atom stereocenters. The maximum absolute atomic E-state index is 4.44. The fourth-order valence-corrected chi connectivity index (χ4v) is 2.19. The maximum Gasteiger partial charge on any atom is 0.0714 e. The van der Waals surface area contributed by atoms with Gasteiger partial charge in [-0.15, -0.1) is 0 Å². The van der Waals surface area contributed by atoms with Crippen LogP contribution >= 0.6 is 0 Å². The van der Waals surface area contributed by atoms with Gasteiger partial charge in [-0.25, -0.2) is 0 Å². The lowest BCUT2D eigenvalue weighted by molar-refractivity contribution is 1.35. The lowest BCUT2D eigenvalue weighted by Crippen LogP contribution is -2.01.